The first-order valence-corrected chi connectivity index (χ1v) is 9.42. The highest BCUT2D eigenvalue weighted by Gasteiger charge is 2.34. The summed E-state index contributed by atoms with van der Waals surface area (Å²) in [5.41, 5.74) is 2.04. The minimum atomic E-state index is -4.72. The van der Waals surface area contributed by atoms with Gasteiger partial charge < -0.3 is 9.64 Å². The maximum atomic E-state index is 12.4. The summed E-state index contributed by atoms with van der Waals surface area (Å²) in [6.45, 7) is 0.604. The Morgan fingerprint density at radius 3 is 2.84 bits per heavy atom. The summed E-state index contributed by atoms with van der Waals surface area (Å²) in [5.74, 6) is 0.141. The molecule has 1 saturated heterocycles. The molecule has 0 bridgehead atoms. The zero-order chi connectivity index (χ0) is 17.9. The van der Waals surface area contributed by atoms with E-state index in [1.54, 1.807) is 11.0 Å². The van der Waals surface area contributed by atoms with Gasteiger partial charge in [0.1, 0.15) is 11.1 Å². The third-order valence-corrected chi connectivity index (χ3v) is 5.66. The summed E-state index contributed by atoms with van der Waals surface area (Å²) in [7, 11) is 0. The van der Waals surface area contributed by atoms with Crippen molar-refractivity contribution in [3.8, 4) is 5.75 Å². The van der Waals surface area contributed by atoms with Crippen LogP contribution in [0.25, 0.3) is 0 Å². The normalized spacial score (nSPS) is 21.4. The van der Waals surface area contributed by atoms with E-state index in [1.165, 1.54) is 48.4 Å². The van der Waals surface area contributed by atoms with Crippen LogP contribution in [-0.2, 0) is 4.79 Å². The molecule has 1 fully saturated rings. The Labute approximate surface area is 149 Å². The van der Waals surface area contributed by atoms with Gasteiger partial charge in [0, 0.05) is 6.54 Å². The van der Waals surface area contributed by atoms with Gasteiger partial charge in [-0.05, 0) is 49.8 Å². The molecule has 7 heteroatoms. The van der Waals surface area contributed by atoms with Crippen LogP contribution in [0.15, 0.2) is 35.9 Å². The molecule has 1 aromatic rings. The van der Waals surface area contributed by atoms with Crippen molar-refractivity contribution in [1.29, 1.82) is 0 Å². The number of amides is 1. The van der Waals surface area contributed by atoms with Crippen molar-refractivity contribution in [2.75, 3.05) is 12.3 Å². The van der Waals surface area contributed by atoms with Gasteiger partial charge in [0.05, 0.1) is 5.75 Å². The van der Waals surface area contributed by atoms with Crippen molar-refractivity contribution < 1.29 is 22.7 Å². The van der Waals surface area contributed by atoms with Crippen LogP contribution in [0.1, 0.15) is 43.0 Å². The average Bonchev–Trinajstić information content (AvgIpc) is 2.93. The van der Waals surface area contributed by atoms with Crippen LogP contribution >= 0.6 is 11.8 Å². The smallest absolute Gasteiger partial charge is 0.406 e. The third-order valence-electron chi connectivity index (χ3n) is 4.40. The highest BCUT2D eigenvalue weighted by atomic mass is 32.2. The fourth-order valence-electron chi connectivity index (χ4n) is 3.23. The number of rotatable bonds is 5. The number of hydrogen-bond acceptors (Lipinski definition) is 3. The predicted molar refractivity (Wildman–Crippen MR) is 91.2 cm³/mol. The van der Waals surface area contributed by atoms with Crippen LogP contribution in [0.5, 0.6) is 5.75 Å². The average molecular weight is 371 g/mol. The fourth-order valence-corrected chi connectivity index (χ4v) is 4.44. The van der Waals surface area contributed by atoms with Crippen LogP contribution in [0.3, 0.4) is 0 Å². The third kappa shape index (κ3) is 4.93. The van der Waals surface area contributed by atoms with Gasteiger partial charge in [0.25, 0.3) is 0 Å². The maximum Gasteiger partial charge on any atom is 0.573 e. The lowest BCUT2D eigenvalue weighted by Crippen LogP contribution is -2.29. The zero-order valence-electron chi connectivity index (χ0n) is 13.7. The lowest BCUT2D eigenvalue weighted by atomic mass is 9.97. The first-order valence-electron chi connectivity index (χ1n) is 8.37. The highest BCUT2D eigenvalue weighted by Crippen LogP contribution is 2.40. The number of ether oxygens (including phenoxy) is 1. The lowest BCUT2D eigenvalue weighted by Gasteiger charge is -2.25. The quantitative estimate of drug-likeness (QED) is 0.679. The minimum Gasteiger partial charge on any atom is -0.406 e. The van der Waals surface area contributed by atoms with Gasteiger partial charge in [-0.3, -0.25) is 4.79 Å². The number of carbonyl (C=O) groups excluding carboxylic acids is 1. The van der Waals surface area contributed by atoms with Gasteiger partial charge in [-0.1, -0.05) is 23.8 Å². The van der Waals surface area contributed by atoms with E-state index in [0.717, 1.165) is 19.3 Å². The van der Waals surface area contributed by atoms with Gasteiger partial charge in [-0.2, -0.15) is 0 Å². The number of alkyl halides is 3. The summed E-state index contributed by atoms with van der Waals surface area (Å²) >= 11 is 1.45. The molecule has 1 aromatic carbocycles. The Hall–Kier alpha value is -1.63. The summed E-state index contributed by atoms with van der Waals surface area (Å²) in [4.78, 5) is 14.0. The Morgan fingerprint density at radius 2 is 2.12 bits per heavy atom. The minimum absolute atomic E-state index is 0.0357. The number of halogens is 3. The number of thioether (sulfide) groups is 1. The molecule has 3 nitrogen and oxygen atoms in total. The summed E-state index contributed by atoms with van der Waals surface area (Å²) in [5, 5.41) is -0.256. The molecular formula is C18H20F3NO2S. The van der Waals surface area contributed by atoms with E-state index >= 15 is 0 Å². The molecule has 0 saturated carbocycles. The monoisotopic (exact) mass is 371 g/mol. The van der Waals surface area contributed by atoms with E-state index in [-0.39, 0.29) is 17.0 Å². The number of allylic oxidation sites excluding steroid dienone is 1. The Kier molecular flexibility index (Phi) is 5.61. The number of carbonyl (C=O) groups is 1. The van der Waals surface area contributed by atoms with Crippen molar-refractivity contribution in [2.45, 2.75) is 43.8 Å². The Balaban J connectivity index is 1.70. The highest BCUT2D eigenvalue weighted by molar-refractivity contribution is 8.00. The zero-order valence-corrected chi connectivity index (χ0v) is 14.5. The Morgan fingerprint density at radius 1 is 1.28 bits per heavy atom. The van der Waals surface area contributed by atoms with Crippen LogP contribution in [0.4, 0.5) is 13.2 Å². The number of hydrogen-bond donors (Lipinski definition) is 0. The molecule has 1 atom stereocenters. The molecular weight excluding hydrogens is 351 g/mol. The van der Waals surface area contributed by atoms with Gasteiger partial charge in [0.15, 0.2) is 0 Å². The molecule has 2 aliphatic rings. The maximum absolute atomic E-state index is 12.4. The molecule has 0 N–H and O–H groups in total. The molecule has 3 rings (SSSR count). The van der Waals surface area contributed by atoms with Crippen molar-refractivity contribution in [1.82, 2.24) is 4.90 Å². The van der Waals surface area contributed by atoms with Gasteiger partial charge in [0.2, 0.25) is 5.91 Å². The van der Waals surface area contributed by atoms with E-state index in [0.29, 0.717) is 17.9 Å². The van der Waals surface area contributed by atoms with Crippen molar-refractivity contribution in [3.63, 3.8) is 0 Å². The molecule has 0 aromatic heterocycles. The van der Waals surface area contributed by atoms with Crippen molar-refractivity contribution in [3.05, 3.63) is 41.5 Å². The molecule has 25 heavy (non-hydrogen) atoms. The van der Waals surface area contributed by atoms with E-state index in [4.69, 9.17) is 0 Å². The first-order chi connectivity index (χ1) is 11.9. The van der Waals surface area contributed by atoms with Gasteiger partial charge >= 0.3 is 6.36 Å². The van der Waals surface area contributed by atoms with Crippen molar-refractivity contribution in [2.24, 2.45) is 0 Å². The van der Waals surface area contributed by atoms with Crippen LogP contribution < -0.4 is 4.74 Å². The van der Waals surface area contributed by atoms with Crippen LogP contribution in [0, 0.1) is 0 Å². The number of benzene rings is 1. The SMILES string of the molecule is O=C1CSC(c2cccc(OC(F)(F)F)c2)N1CCC1=CCCCC1. The molecule has 0 spiro atoms. The van der Waals surface area contributed by atoms with Crippen LogP contribution in [0.2, 0.25) is 0 Å². The second kappa shape index (κ2) is 7.72. The first kappa shape index (κ1) is 18.2. The van der Waals surface area contributed by atoms with Crippen LogP contribution in [-0.4, -0.2) is 29.5 Å². The summed E-state index contributed by atoms with van der Waals surface area (Å²) < 4.78 is 41.2. The van der Waals surface area contributed by atoms with Gasteiger partial charge in [-0.25, -0.2) is 0 Å². The topological polar surface area (TPSA) is 29.5 Å². The summed E-state index contributed by atoms with van der Waals surface area (Å²) in [6, 6.07) is 5.92. The molecule has 136 valence electrons. The van der Waals surface area contributed by atoms with Gasteiger partial charge in [-0.15, -0.1) is 24.9 Å². The molecule has 1 unspecified atom stereocenters. The molecule has 1 amide bonds. The van der Waals surface area contributed by atoms with Crippen molar-refractivity contribution >= 4 is 17.7 Å². The molecule has 1 heterocycles. The second-order valence-electron chi connectivity index (χ2n) is 6.23. The summed E-state index contributed by atoms with van der Waals surface area (Å²) in [6.07, 6.45) is 2.95. The fraction of sp³-hybridized carbons (Fsp3) is 0.500. The Bertz CT molecular complexity index is 660. The lowest BCUT2D eigenvalue weighted by molar-refractivity contribution is -0.274. The standard InChI is InChI=1S/C18H20F3NO2S/c19-18(20,21)24-15-8-4-7-14(11-15)17-22(16(23)12-25-17)10-9-13-5-2-1-3-6-13/h4-5,7-8,11,17H,1-3,6,9-10,12H2. The number of nitrogens with zero attached hydrogens (tertiary/aromatic N) is 1. The molecule has 0 radical (unpaired) electrons. The van der Waals surface area contributed by atoms with E-state index in [9.17, 15) is 18.0 Å². The van der Waals surface area contributed by atoms with E-state index in [2.05, 4.69) is 10.8 Å². The largest absolute Gasteiger partial charge is 0.573 e. The van der Waals surface area contributed by atoms with E-state index in [1.807, 2.05) is 0 Å². The predicted octanol–water partition coefficient (Wildman–Crippen LogP) is 5.05. The van der Waals surface area contributed by atoms with E-state index < -0.39 is 6.36 Å². The second-order valence-corrected chi connectivity index (χ2v) is 7.30. The molecule has 1 aliphatic carbocycles. The molecule has 1 aliphatic heterocycles.